The van der Waals surface area contributed by atoms with Crippen LogP contribution in [0.1, 0.15) is 101 Å². The molecule has 0 saturated carbocycles. The van der Waals surface area contributed by atoms with E-state index in [9.17, 15) is 0 Å². The van der Waals surface area contributed by atoms with Crippen molar-refractivity contribution in [3.8, 4) is 0 Å². The van der Waals surface area contributed by atoms with Gasteiger partial charge in [-0.3, -0.25) is 0 Å². The highest BCUT2D eigenvalue weighted by Crippen LogP contribution is 2.33. The Bertz CT molecular complexity index is 524. The predicted octanol–water partition coefficient (Wildman–Crippen LogP) is 8.43. The molecule has 2 aromatic carbocycles. The van der Waals surface area contributed by atoms with Crippen LogP contribution in [0.2, 0.25) is 0 Å². The Morgan fingerprint density at radius 2 is 0.963 bits per heavy atom. The highest BCUT2D eigenvalue weighted by atomic mass is 16.5. The molecule has 148 valence electrons. The lowest BCUT2D eigenvalue weighted by molar-refractivity contribution is -0.0264. The number of benzene rings is 2. The molecule has 1 heteroatoms. The summed E-state index contributed by atoms with van der Waals surface area (Å²) in [5.41, 5.74) is 2.65. The molecule has 0 aliphatic heterocycles. The zero-order chi connectivity index (χ0) is 19.2. The molecule has 0 N–H and O–H groups in total. The fraction of sp³-hybridized carbons (Fsp3) is 0.538. The summed E-state index contributed by atoms with van der Waals surface area (Å²) in [4.78, 5) is 0. The minimum Gasteiger partial charge on any atom is -0.366 e. The molecule has 0 fully saturated rings. The normalized spacial score (nSPS) is 13.4. The highest BCUT2D eigenvalue weighted by molar-refractivity contribution is 5.20. The van der Waals surface area contributed by atoms with E-state index in [0.29, 0.717) is 0 Å². The molecule has 2 aromatic rings. The minimum atomic E-state index is 0.194. The molecule has 0 bridgehead atoms. The lowest BCUT2D eigenvalue weighted by atomic mass is 9.99. The molecule has 0 aliphatic rings. The first-order chi connectivity index (χ1) is 13.3. The summed E-state index contributed by atoms with van der Waals surface area (Å²) in [5, 5.41) is 0. The van der Waals surface area contributed by atoms with Crippen LogP contribution in [-0.2, 0) is 4.74 Å². The maximum absolute atomic E-state index is 6.78. The van der Waals surface area contributed by atoms with Gasteiger partial charge >= 0.3 is 0 Å². The average molecular weight is 367 g/mol. The zero-order valence-electron chi connectivity index (χ0n) is 17.4. The van der Waals surface area contributed by atoms with Gasteiger partial charge in [-0.2, -0.15) is 0 Å². The molecule has 0 saturated heterocycles. The Balaban J connectivity index is 2.07. The lowest BCUT2D eigenvalue weighted by Gasteiger charge is -2.26. The first-order valence-corrected chi connectivity index (χ1v) is 11.1. The maximum atomic E-state index is 6.78. The van der Waals surface area contributed by atoms with Gasteiger partial charge in [-0.25, -0.2) is 0 Å². The van der Waals surface area contributed by atoms with Crippen molar-refractivity contribution in [1.82, 2.24) is 0 Å². The van der Waals surface area contributed by atoms with E-state index in [1.165, 1.54) is 62.5 Å². The summed E-state index contributed by atoms with van der Waals surface area (Å²) in [6, 6.07) is 21.6. The van der Waals surface area contributed by atoms with Crippen LogP contribution in [0.3, 0.4) is 0 Å². The largest absolute Gasteiger partial charge is 0.366 e. The van der Waals surface area contributed by atoms with E-state index in [4.69, 9.17) is 4.74 Å². The fourth-order valence-corrected chi connectivity index (χ4v) is 3.67. The van der Waals surface area contributed by atoms with E-state index in [2.05, 4.69) is 74.5 Å². The monoisotopic (exact) mass is 366 g/mol. The molecule has 0 radical (unpaired) electrons. The lowest BCUT2D eigenvalue weighted by Crippen LogP contribution is -2.11. The number of ether oxygens (including phenoxy) is 1. The molecular formula is C26H38O. The Morgan fingerprint density at radius 1 is 0.556 bits per heavy atom. The van der Waals surface area contributed by atoms with Gasteiger partial charge in [0.2, 0.25) is 0 Å². The molecule has 2 rings (SSSR count). The van der Waals surface area contributed by atoms with Gasteiger partial charge in [-0.05, 0) is 24.0 Å². The van der Waals surface area contributed by atoms with Crippen molar-refractivity contribution >= 4 is 0 Å². The Hall–Kier alpha value is -1.60. The van der Waals surface area contributed by atoms with Crippen LogP contribution in [0.4, 0.5) is 0 Å². The standard InChI is InChI=1S/C26H38O/c1-3-5-7-15-21-25(23-17-11-9-12-18-23)27-26(22-16-8-6-4-2)24-19-13-10-14-20-24/h9-14,17-20,25-26H,3-8,15-16,21-22H2,1-2H3. The van der Waals surface area contributed by atoms with E-state index >= 15 is 0 Å². The smallest absolute Gasteiger partial charge is 0.0833 e. The molecule has 0 aliphatic carbocycles. The summed E-state index contributed by atoms with van der Waals surface area (Å²) in [5.74, 6) is 0. The molecule has 0 heterocycles. The second-order valence-corrected chi connectivity index (χ2v) is 7.63. The van der Waals surface area contributed by atoms with E-state index in [0.717, 1.165) is 12.8 Å². The molecule has 2 unspecified atom stereocenters. The van der Waals surface area contributed by atoms with E-state index in [1.54, 1.807) is 0 Å². The number of rotatable bonds is 14. The second-order valence-electron chi connectivity index (χ2n) is 7.63. The number of hydrogen-bond donors (Lipinski definition) is 0. The van der Waals surface area contributed by atoms with Gasteiger partial charge in [0.1, 0.15) is 0 Å². The van der Waals surface area contributed by atoms with Gasteiger partial charge in [-0.1, -0.05) is 126 Å². The van der Waals surface area contributed by atoms with Crippen LogP contribution >= 0.6 is 0 Å². The zero-order valence-corrected chi connectivity index (χ0v) is 17.4. The Kier molecular flexibility index (Phi) is 10.9. The summed E-state index contributed by atoms with van der Waals surface area (Å²) in [6.45, 7) is 4.54. The van der Waals surface area contributed by atoms with Gasteiger partial charge in [-0.15, -0.1) is 0 Å². The average Bonchev–Trinajstić information content (AvgIpc) is 2.73. The molecule has 0 spiro atoms. The Labute approximate surface area is 167 Å². The summed E-state index contributed by atoms with van der Waals surface area (Å²) in [6.07, 6.45) is 12.9. The Morgan fingerprint density at radius 3 is 1.33 bits per heavy atom. The third-order valence-corrected chi connectivity index (χ3v) is 5.31. The van der Waals surface area contributed by atoms with Crippen LogP contribution in [0.25, 0.3) is 0 Å². The van der Waals surface area contributed by atoms with Crippen molar-refractivity contribution in [2.24, 2.45) is 0 Å². The minimum absolute atomic E-state index is 0.194. The highest BCUT2D eigenvalue weighted by Gasteiger charge is 2.19. The van der Waals surface area contributed by atoms with Crippen molar-refractivity contribution < 1.29 is 4.74 Å². The van der Waals surface area contributed by atoms with Crippen molar-refractivity contribution in [2.45, 2.75) is 90.3 Å². The van der Waals surface area contributed by atoms with Crippen molar-refractivity contribution in [2.75, 3.05) is 0 Å². The number of unbranched alkanes of at least 4 members (excludes halogenated alkanes) is 6. The van der Waals surface area contributed by atoms with Crippen LogP contribution in [0.5, 0.6) is 0 Å². The van der Waals surface area contributed by atoms with Gasteiger partial charge in [0.25, 0.3) is 0 Å². The summed E-state index contributed by atoms with van der Waals surface area (Å²) < 4.78 is 6.78. The van der Waals surface area contributed by atoms with E-state index in [-0.39, 0.29) is 12.2 Å². The van der Waals surface area contributed by atoms with Gasteiger partial charge in [0.15, 0.2) is 0 Å². The van der Waals surface area contributed by atoms with E-state index < -0.39 is 0 Å². The van der Waals surface area contributed by atoms with Crippen LogP contribution in [0.15, 0.2) is 60.7 Å². The number of hydrogen-bond acceptors (Lipinski definition) is 1. The van der Waals surface area contributed by atoms with Crippen molar-refractivity contribution in [3.63, 3.8) is 0 Å². The third-order valence-electron chi connectivity index (χ3n) is 5.31. The first kappa shape index (κ1) is 21.7. The molecule has 2 atom stereocenters. The predicted molar refractivity (Wildman–Crippen MR) is 117 cm³/mol. The van der Waals surface area contributed by atoms with Gasteiger partial charge in [0, 0.05) is 0 Å². The topological polar surface area (TPSA) is 9.23 Å². The van der Waals surface area contributed by atoms with Gasteiger partial charge < -0.3 is 4.74 Å². The van der Waals surface area contributed by atoms with Crippen molar-refractivity contribution in [3.05, 3.63) is 71.8 Å². The third kappa shape index (κ3) is 8.30. The molecule has 0 amide bonds. The van der Waals surface area contributed by atoms with E-state index in [1.807, 2.05) is 0 Å². The molecular weight excluding hydrogens is 328 g/mol. The van der Waals surface area contributed by atoms with Crippen LogP contribution in [0, 0.1) is 0 Å². The first-order valence-electron chi connectivity index (χ1n) is 11.1. The summed E-state index contributed by atoms with van der Waals surface area (Å²) >= 11 is 0. The van der Waals surface area contributed by atoms with Crippen molar-refractivity contribution in [1.29, 1.82) is 0 Å². The SMILES string of the molecule is CCCCCCC(OC(CCCCCC)c1ccccc1)c1ccccc1. The van der Waals surface area contributed by atoms with Crippen LogP contribution in [-0.4, -0.2) is 0 Å². The molecule has 0 aromatic heterocycles. The van der Waals surface area contributed by atoms with Gasteiger partial charge in [0.05, 0.1) is 12.2 Å². The maximum Gasteiger partial charge on any atom is 0.0833 e. The second kappa shape index (κ2) is 13.6. The molecule has 1 nitrogen and oxygen atoms in total. The summed E-state index contributed by atoms with van der Waals surface area (Å²) in [7, 11) is 0. The van der Waals surface area contributed by atoms with Crippen LogP contribution < -0.4 is 0 Å². The fourth-order valence-electron chi connectivity index (χ4n) is 3.67. The molecule has 27 heavy (non-hydrogen) atoms. The quantitative estimate of drug-likeness (QED) is 0.305.